The van der Waals surface area contributed by atoms with Crippen LogP contribution in [-0.4, -0.2) is 57.0 Å². The van der Waals surface area contributed by atoms with Crippen LogP contribution in [0.3, 0.4) is 0 Å². The van der Waals surface area contributed by atoms with Gasteiger partial charge >= 0.3 is 0 Å². The van der Waals surface area contributed by atoms with Gasteiger partial charge in [0, 0.05) is 18.7 Å². The summed E-state index contributed by atoms with van der Waals surface area (Å²) in [6.07, 6.45) is 3.21. The van der Waals surface area contributed by atoms with Gasteiger partial charge in [-0.2, -0.15) is 0 Å². The van der Waals surface area contributed by atoms with E-state index in [0.29, 0.717) is 43.5 Å². The first-order chi connectivity index (χ1) is 13.8. The lowest BCUT2D eigenvalue weighted by Gasteiger charge is -2.36. The molecule has 7 nitrogen and oxygen atoms in total. The summed E-state index contributed by atoms with van der Waals surface area (Å²) in [4.78, 5) is 10.5. The normalized spacial score (nSPS) is 24.2. The van der Waals surface area contributed by atoms with Crippen molar-refractivity contribution in [2.45, 2.75) is 24.0 Å². The molecular weight excluding hydrogens is 489 g/mol. The Hall–Kier alpha value is -1.23. The fraction of sp³-hybridized carbons (Fsp3) is 0.556. The number of benzene rings is 1. The van der Waals surface area contributed by atoms with Crippen LogP contribution in [0.1, 0.15) is 12.8 Å². The third-order valence-corrected chi connectivity index (χ3v) is 7.83. The molecule has 3 heterocycles. The molecule has 1 saturated carbocycles. The molecule has 0 bridgehead atoms. The molecule has 2 atom stereocenters. The van der Waals surface area contributed by atoms with Crippen molar-refractivity contribution in [1.82, 2.24) is 9.97 Å². The molecule has 1 aromatic carbocycles. The number of ether oxygens (including phenoxy) is 2. The van der Waals surface area contributed by atoms with E-state index in [1.54, 1.807) is 0 Å². The van der Waals surface area contributed by atoms with E-state index >= 15 is 4.39 Å². The van der Waals surface area contributed by atoms with E-state index in [0.717, 1.165) is 19.1 Å². The highest BCUT2D eigenvalue weighted by Crippen LogP contribution is 2.47. The van der Waals surface area contributed by atoms with Crippen LogP contribution in [0.4, 0.5) is 10.2 Å². The molecule has 3 aliphatic rings. The van der Waals surface area contributed by atoms with Crippen LogP contribution in [0.2, 0.25) is 5.02 Å². The van der Waals surface area contributed by atoms with E-state index in [4.69, 9.17) is 21.1 Å². The predicted molar refractivity (Wildman–Crippen MR) is 109 cm³/mol. The predicted octanol–water partition coefficient (Wildman–Crippen LogP) is 3.21. The van der Waals surface area contributed by atoms with Gasteiger partial charge in [-0.1, -0.05) is 11.6 Å². The number of hydrogen-bond acceptors (Lipinski definition) is 7. The van der Waals surface area contributed by atoms with E-state index in [-0.39, 0.29) is 32.7 Å². The topological polar surface area (TPSA) is 81.6 Å². The Labute approximate surface area is 180 Å². The molecule has 0 N–H and O–H groups in total. The Morgan fingerprint density at radius 2 is 2.03 bits per heavy atom. The van der Waals surface area contributed by atoms with E-state index in [1.165, 1.54) is 0 Å². The minimum atomic E-state index is -3.77. The number of hydrogen-bond donors (Lipinski definition) is 0. The number of rotatable bonds is 3. The molecule has 2 aliphatic heterocycles. The van der Waals surface area contributed by atoms with Crippen LogP contribution in [0.25, 0.3) is 10.9 Å². The Balaban J connectivity index is 1.86. The average Bonchev–Trinajstić information content (AvgIpc) is 3.38. The van der Waals surface area contributed by atoms with Crippen molar-refractivity contribution in [1.29, 1.82) is 0 Å². The smallest absolute Gasteiger partial charge is 0.249 e. The summed E-state index contributed by atoms with van der Waals surface area (Å²) in [5, 5.41) is -0.0410. The lowest BCUT2D eigenvalue weighted by atomic mass is 10.0. The first kappa shape index (κ1) is 19.7. The van der Waals surface area contributed by atoms with Crippen molar-refractivity contribution >= 4 is 54.1 Å². The Morgan fingerprint density at radius 3 is 2.72 bits per heavy atom. The lowest BCUT2D eigenvalue weighted by molar-refractivity contribution is 0.167. The van der Waals surface area contributed by atoms with Gasteiger partial charge in [0.15, 0.2) is 11.6 Å². The molecule has 0 spiro atoms. The molecule has 1 saturated heterocycles. The maximum Gasteiger partial charge on any atom is 0.249 e. The van der Waals surface area contributed by atoms with E-state index < -0.39 is 20.8 Å². The van der Waals surface area contributed by atoms with Gasteiger partial charge in [-0.25, -0.2) is 22.8 Å². The zero-order valence-electron chi connectivity index (χ0n) is 15.5. The van der Waals surface area contributed by atoms with Crippen molar-refractivity contribution in [3.63, 3.8) is 0 Å². The molecule has 156 valence electrons. The van der Waals surface area contributed by atoms with Crippen molar-refractivity contribution in [3.05, 3.63) is 15.3 Å². The second-order valence-corrected chi connectivity index (χ2v) is 10.9. The third-order valence-electron chi connectivity index (χ3n) is 5.65. The van der Waals surface area contributed by atoms with Gasteiger partial charge in [0.2, 0.25) is 15.0 Å². The number of nitrogens with zero attached hydrogens (tertiary/aromatic N) is 3. The van der Waals surface area contributed by atoms with Gasteiger partial charge < -0.3 is 14.4 Å². The largest absolute Gasteiger partial charge is 0.491 e. The van der Waals surface area contributed by atoms with Crippen LogP contribution in [-0.2, 0) is 14.6 Å². The van der Waals surface area contributed by atoms with E-state index in [9.17, 15) is 8.42 Å². The number of aromatic nitrogens is 2. The highest BCUT2D eigenvalue weighted by Gasteiger charge is 2.41. The first-order valence-corrected chi connectivity index (χ1v) is 12.4. The zero-order valence-corrected chi connectivity index (χ0v) is 18.6. The number of fused-ring (bicyclic) bond motifs is 1. The molecule has 0 radical (unpaired) electrons. The molecule has 2 unspecified atom stereocenters. The molecule has 29 heavy (non-hydrogen) atoms. The van der Waals surface area contributed by atoms with Crippen LogP contribution in [0.15, 0.2) is 9.63 Å². The van der Waals surface area contributed by atoms with Crippen LogP contribution in [0.5, 0.6) is 5.75 Å². The number of halogens is 3. The van der Waals surface area contributed by atoms with Crippen LogP contribution >= 0.6 is 27.5 Å². The molecule has 2 aromatic rings. The third kappa shape index (κ3) is 3.28. The second-order valence-electron chi connectivity index (χ2n) is 7.87. The number of anilines is 1. The van der Waals surface area contributed by atoms with E-state index in [2.05, 4.69) is 30.8 Å². The zero-order chi connectivity index (χ0) is 20.5. The van der Waals surface area contributed by atoms with Gasteiger partial charge in [0.1, 0.15) is 16.4 Å². The molecule has 0 amide bonds. The molecule has 1 aliphatic carbocycles. The fourth-order valence-corrected chi connectivity index (χ4v) is 5.06. The molecule has 2 fully saturated rings. The van der Waals surface area contributed by atoms with Gasteiger partial charge in [0.25, 0.3) is 0 Å². The quantitative estimate of drug-likeness (QED) is 0.467. The van der Waals surface area contributed by atoms with E-state index in [1.807, 2.05) is 0 Å². The summed E-state index contributed by atoms with van der Waals surface area (Å²) in [5.74, 6) is 0.412. The van der Waals surface area contributed by atoms with Crippen molar-refractivity contribution in [2.75, 3.05) is 37.5 Å². The SMILES string of the molecule is CS(=O)(=O)c1nc2c3c(c(Cl)c(Br)c(F)c3n1)OCC1COCC1N2CC1CC1. The number of sulfone groups is 1. The summed E-state index contributed by atoms with van der Waals surface area (Å²) in [5.41, 5.74) is -0.125. The van der Waals surface area contributed by atoms with Crippen LogP contribution in [0, 0.1) is 17.7 Å². The summed E-state index contributed by atoms with van der Waals surface area (Å²) in [6, 6.07) is -0.0419. The van der Waals surface area contributed by atoms with Crippen molar-refractivity contribution < 1.29 is 22.3 Å². The minimum Gasteiger partial charge on any atom is -0.491 e. The lowest BCUT2D eigenvalue weighted by Crippen LogP contribution is -2.45. The van der Waals surface area contributed by atoms with Gasteiger partial charge in [-0.3, -0.25) is 0 Å². The van der Waals surface area contributed by atoms with Crippen molar-refractivity contribution in [2.24, 2.45) is 11.8 Å². The van der Waals surface area contributed by atoms with Gasteiger partial charge in [-0.05, 0) is 34.7 Å². The Kier molecular flexibility index (Phi) is 4.69. The summed E-state index contributed by atoms with van der Waals surface area (Å²) < 4.78 is 51.4. The molecule has 5 rings (SSSR count). The maximum atomic E-state index is 15.1. The highest BCUT2D eigenvalue weighted by molar-refractivity contribution is 9.10. The van der Waals surface area contributed by atoms with Gasteiger partial charge in [0.05, 0.1) is 35.7 Å². The molecule has 1 aromatic heterocycles. The monoisotopic (exact) mass is 505 g/mol. The van der Waals surface area contributed by atoms with Crippen LogP contribution < -0.4 is 9.64 Å². The summed E-state index contributed by atoms with van der Waals surface area (Å²) >= 11 is 9.56. The standard InChI is InChI=1S/C18H18BrClFN3O4S/c1-29(25,26)18-22-15-11-16(13(20)12(19)14(15)21)28-6-9-5-27-7-10(9)24(17(11)23-18)4-8-2-3-8/h8-10H,2-7H2,1H3. The summed E-state index contributed by atoms with van der Waals surface area (Å²) in [7, 11) is -3.77. The fourth-order valence-electron chi connectivity index (χ4n) is 3.95. The Bertz CT molecular complexity index is 1130. The molecule has 11 heteroatoms. The first-order valence-electron chi connectivity index (χ1n) is 9.31. The Morgan fingerprint density at radius 1 is 1.28 bits per heavy atom. The molecular formula is C18H18BrClFN3O4S. The maximum absolute atomic E-state index is 15.1. The average molecular weight is 507 g/mol. The highest BCUT2D eigenvalue weighted by atomic mass is 79.9. The minimum absolute atomic E-state index is 0.0145. The second kappa shape index (κ2) is 6.90. The summed E-state index contributed by atoms with van der Waals surface area (Å²) in [6.45, 7) is 2.04. The van der Waals surface area contributed by atoms with Crippen molar-refractivity contribution in [3.8, 4) is 5.75 Å². The van der Waals surface area contributed by atoms with Gasteiger partial charge in [-0.15, -0.1) is 0 Å².